The number of carbonyl (C=O) groups is 3. The minimum atomic E-state index is -0.598. The molecule has 1 aromatic rings. The second-order valence-electron chi connectivity index (χ2n) is 7.13. The fraction of sp³-hybridized carbons (Fsp3) is 0.474. The average molecular weight is 534 g/mol. The SMILES string of the molecule is CN=C(NCCNC(=O)OC(C)(C)C)NCc1ccc(C(=O)NCC(N)=O)cc1.I. The molecule has 0 heterocycles. The molecule has 10 nitrogen and oxygen atoms in total. The highest BCUT2D eigenvalue weighted by molar-refractivity contribution is 14.0. The molecular formula is C19H31IN6O4. The second-order valence-corrected chi connectivity index (χ2v) is 7.13. The highest BCUT2D eigenvalue weighted by Crippen LogP contribution is 2.06. The molecule has 3 amide bonds. The number of primary amides is 1. The molecular weight excluding hydrogens is 503 g/mol. The number of hydrogen-bond acceptors (Lipinski definition) is 5. The van der Waals surface area contributed by atoms with E-state index in [0.29, 0.717) is 31.2 Å². The highest BCUT2D eigenvalue weighted by atomic mass is 127. The fourth-order valence-corrected chi connectivity index (χ4v) is 2.11. The van der Waals surface area contributed by atoms with Crippen molar-refractivity contribution in [3.63, 3.8) is 0 Å². The van der Waals surface area contributed by atoms with Gasteiger partial charge in [0.2, 0.25) is 5.91 Å². The predicted molar refractivity (Wildman–Crippen MR) is 126 cm³/mol. The summed E-state index contributed by atoms with van der Waals surface area (Å²) in [6, 6.07) is 6.91. The van der Waals surface area contributed by atoms with Crippen molar-refractivity contribution in [1.82, 2.24) is 21.3 Å². The van der Waals surface area contributed by atoms with Gasteiger partial charge < -0.3 is 31.7 Å². The summed E-state index contributed by atoms with van der Waals surface area (Å²) < 4.78 is 5.15. The number of nitrogens with one attached hydrogen (secondary N) is 4. The van der Waals surface area contributed by atoms with Crippen molar-refractivity contribution in [2.24, 2.45) is 10.7 Å². The van der Waals surface area contributed by atoms with E-state index in [1.807, 2.05) is 0 Å². The van der Waals surface area contributed by atoms with E-state index in [0.717, 1.165) is 5.56 Å². The predicted octanol–water partition coefficient (Wildman–Crippen LogP) is 0.709. The molecule has 1 rings (SSSR count). The van der Waals surface area contributed by atoms with Crippen LogP contribution in [0.1, 0.15) is 36.7 Å². The van der Waals surface area contributed by atoms with Crippen LogP contribution in [0.3, 0.4) is 0 Å². The van der Waals surface area contributed by atoms with Gasteiger partial charge in [-0.2, -0.15) is 0 Å². The van der Waals surface area contributed by atoms with Gasteiger partial charge in [0.15, 0.2) is 5.96 Å². The van der Waals surface area contributed by atoms with Crippen molar-refractivity contribution in [3.8, 4) is 0 Å². The summed E-state index contributed by atoms with van der Waals surface area (Å²) in [5, 5.41) is 11.3. The maximum Gasteiger partial charge on any atom is 0.407 e. The third-order valence-corrected chi connectivity index (χ3v) is 3.41. The van der Waals surface area contributed by atoms with Gasteiger partial charge in [-0.05, 0) is 38.5 Å². The van der Waals surface area contributed by atoms with Crippen molar-refractivity contribution < 1.29 is 19.1 Å². The van der Waals surface area contributed by atoms with Gasteiger partial charge in [-0.25, -0.2) is 4.79 Å². The number of benzene rings is 1. The summed E-state index contributed by atoms with van der Waals surface area (Å²) in [6.07, 6.45) is -0.470. The van der Waals surface area contributed by atoms with E-state index in [-0.39, 0.29) is 36.4 Å². The Morgan fingerprint density at radius 2 is 1.60 bits per heavy atom. The van der Waals surface area contributed by atoms with E-state index in [2.05, 4.69) is 26.3 Å². The van der Waals surface area contributed by atoms with Crippen molar-refractivity contribution in [2.75, 3.05) is 26.7 Å². The Kier molecular flexibility index (Phi) is 12.4. The summed E-state index contributed by atoms with van der Waals surface area (Å²) in [4.78, 5) is 38.2. The standard InChI is InChI=1S/C19H30N6O4.HI/c1-19(2,3)29-18(28)23-10-9-22-17(21-4)25-11-13-5-7-14(8-6-13)16(27)24-12-15(20)26;/h5-8H,9-12H2,1-4H3,(H2,20,26)(H,23,28)(H,24,27)(H2,21,22,25);1H. The molecule has 0 aromatic heterocycles. The zero-order valence-electron chi connectivity index (χ0n) is 17.7. The van der Waals surface area contributed by atoms with Crippen LogP contribution < -0.4 is 27.0 Å². The molecule has 0 bridgehead atoms. The first-order valence-electron chi connectivity index (χ1n) is 9.17. The van der Waals surface area contributed by atoms with Crippen LogP contribution in [0.5, 0.6) is 0 Å². The van der Waals surface area contributed by atoms with Crippen LogP contribution in [0.2, 0.25) is 0 Å². The third-order valence-electron chi connectivity index (χ3n) is 3.41. The number of amides is 3. The molecule has 0 aliphatic heterocycles. The number of guanidine groups is 1. The number of nitrogens with zero attached hydrogens (tertiary/aromatic N) is 1. The molecule has 0 unspecified atom stereocenters. The molecule has 0 fully saturated rings. The Balaban J connectivity index is 0.00000841. The van der Waals surface area contributed by atoms with E-state index >= 15 is 0 Å². The maximum absolute atomic E-state index is 11.8. The van der Waals surface area contributed by atoms with Gasteiger partial charge in [0.25, 0.3) is 5.91 Å². The Morgan fingerprint density at radius 1 is 1.00 bits per heavy atom. The first kappa shape index (κ1) is 27.4. The first-order chi connectivity index (χ1) is 13.6. The number of halogens is 1. The van der Waals surface area contributed by atoms with Gasteiger partial charge in [0.05, 0.1) is 6.54 Å². The number of ether oxygens (including phenoxy) is 1. The lowest BCUT2D eigenvalue weighted by Gasteiger charge is -2.20. The van der Waals surface area contributed by atoms with Crippen LogP contribution in [0.25, 0.3) is 0 Å². The van der Waals surface area contributed by atoms with Gasteiger partial charge in [-0.15, -0.1) is 24.0 Å². The zero-order valence-corrected chi connectivity index (χ0v) is 20.0. The molecule has 0 saturated carbocycles. The molecule has 0 saturated heterocycles. The lowest BCUT2D eigenvalue weighted by Crippen LogP contribution is -2.42. The molecule has 0 aliphatic rings. The molecule has 0 spiro atoms. The lowest BCUT2D eigenvalue weighted by atomic mass is 10.1. The van der Waals surface area contributed by atoms with Crippen molar-refractivity contribution in [1.29, 1.82) is 0 Å². The molecule has 0 aliphatic carbocycles. The lowest BCUT2D eigenvalue weighted by molar-refractivity contribution is -0.117. The second kappa shape index (κ2) is 13.6. The molecule has 30 heavy (non-hydrogen) atoms. The van der Waals surface area contributed by atoms with Gasteiger partial charge in [-0.3, -0.25) is 14.6 Å². The van der Waals surface area contributed by atoms with Crippen LogP contribution in [-0.4, -0.2) is 56.2 Å². The van der Waals surface area contributed by atoms with Crippen LogP contribution >= 0.6 is 24.0 Å². The van der Waals surface area contributed by atoms with E-state index in [9.17, 15) is 14.4 Å². The maximum atomic E-state index is 11.8. The van der Waals surface area contributed by atoms with Gasteiger partial charge >= 0.3 is 6.09 Å². The minimum absolute atomic E-state index is 0. The van der Waals surface area contributed by atoms with E-state index in [1.165, 1.54) is 0 Å². The van der Waals surface area contributed by atoms with Crippen LogP contribution in [0, 0.1) is 0 Å². The van der Waals surface area contributed by atoms with Crippen LogP contribution in [0.15, 0.2) is 29.3 Å². The van der Waals surface area contributed by atoms with Crippen molar-refractivity contribution in [2.45, 2.75) is 32.9 Å². The van der Waals surface area contributed by atoms with Crippen LogP contribution in [-0.2, 0) is 16.1 Å². The van der Waals surface area contributed by atoms with E-state index in [4.69, 9.17) is 10.5 Å². The Bertz CT molecular complexity index is 732. The monoisotopic (exact) mass is 534 g/mol. The topological polar surface area (TPSA) is 147 Å². The number of alkyl carbamates (subject to hydrolysis) is 1. The Hall–Kier alpha value is -2.57. The summed E-state index contributed by atoms with van der Waals surface area (Å²) >= 11 is 0. The zero-order chi connectivity index (χ0) is 21.9. The number of nitrogens with two attached hydrogens (primary N) is 1. The van der Waals surface area contributed by atoms with Gasteiger partial charge in [0.1, 0.15) is 5.60 Å². The smallest absolute Gasteiger partial charge is 0.407 e. The minimum Gasteiger partial charge on any atom is -0.444 e. The first-order valence-corrected chi connectivity index (χ1v) is 9.17. The molecule has 11 heteroatoms. The van der Waals surface area contributed by atoms with Gasteiger partial charge in [0, 0.05) is 32.2 Å². The summed E-state index contributed by atoms with van der Waals surface area (Å²) in [5.74, 6) is -0.392. The number of hydrogen-bond donors (Lipinski definition) is 5. The number of rotatable bonds is 8. The molecule has 6 N–H and O–H groups in total. The van der Waals surface area contributed by atoms with E-state index in [1.54, 1.807) is 52.1 Å². The molecule has 0 radical (unpaired) electrons. The third kappa shape index (κ3) is 12.1. The molecule has 168 valence electrons. The Labute approximate surface area is 193 Å². The van der Waals surface area contributed by atoms with Crippen LogP contribution in [0.4, 0.5) is 4.79 Å². The van der Waals surface area contributed by atoms with E-state index < -0.39 is 17.6 Å². The summed E-state index contributed by atoms with van der Waals surface area (Å²) in [6.45, 7) is 6.54. The summed E-state index contributed by atoms with van der Waals surface area (Å²) in [7, 11) is 1.64. The van der Waals surface area contributed by atoms with Gasteiger partial charge in [-0.1, -0.05) is 12.1 Å². The number of aliphatic imine (C=N–C) groups is 1. The Morgan fingerprint density at radius 3 is 2.13 bits per heavy atom. The van der Waals surface area contributed by atoms with Crippen molar-refractivity contribution in [3.05, 3.63) is 35.4 Å². The quantitative estimate of drug-likeness (QED) is 0.144. The summed E-state index contributed by atoms with van der Waals surface area (Å²) in [5.41, 5.74) is 5.84. The normalized spacial score (nSPS) is 11.0. The molecule has 0 atom stereocenters. The fourth-order valence-electron chi connectivity index (χ4n) is 2.11. The largest absolute Gasteiger partial charge is 0.444 e. The number of carbonyl (C=O) groups excluding carboxylic acids is 3. The van der Waals surface area contributed by atoms with Crippen molar-refractivity contribution >= 4 is 47.8 Å². The molecule has 1 aromatic carbocycles. The highest BCUT2D eigenvalue weighted by Gasteiger charge is 2.15. The average Bonchev–Trinajstić information content (AvgIpc) is 2.64.